The Morgan fingerprint density at radius 2 is 1.62 bits per heavy atom. The van der Waals surface area contributed by atoms with Gasteiger partial charge in [0.15, 0.2) is 0 Å². The number of ether oxygens (including phenoxy) is 1. The first-order valence-electron chi connectivity index (χ1n) is 8.15. The Morgan fingerprint density at radius 3 is 2.46 bits per heavy atom. The Hall–Kier alpha value is -3.11. The molecule has 0 unspecified atom stereocenters. The molecule has 0 aliphatic carbocycles. The molecule has 26 heavy (non-hydrogen) atoms. The number of halogens is 1. The first-order chi connectivity index (χ1) is 12.8. The van der Waals surface area contributed by atoms with Crippen LogP contribution in [0.5, 0.6) is 5.75 Å². The van der Waals surface area contributed by atoms with Gasteiger partial charge in [-0.25, -0.2) is 0 Å². The van der Waals surface area contributed by atoms with Crippen molar-refractivity contribution in [3.63, 3.8) is 0 Å². The molecule has 4 aromatic rings. The van der Waals surface area contributed by atoms with Crippen molar-refractivity contribution >= 4 is 11.6 Å². The fraction of sp³-hybridized carbons (Fsp3) is 0.0476. The molecule has 0 saturated carbocycles. The van der Waals surface area contributed by atoms with Crippen molar-refractivity contribution < 1.29 is 9.26 Å². The van der Waals surface area contributed by atoms with Crippen LogP contribution in [0, 0.1) is 0 Å². The van der Waals surface area contributed by atoms with Crippen LogP contribution in [0.1, 0.15) is 5.56 Å². The normalized spacial score (nSPS) is 10.7. The van der Waals surface area contributed by atoms with E-state index in [0.717, 1.165) is 16.7 Å². The smallest absolute Gasteiger partial charge is 0.258 e. The lowest BCUT2D eigenvalue weighted by atomic mass is 10.1. The Balaban J connectivity index is 1.53. The average Bonchev–Trinajstić information content (AvgIpc) is 3.19. The molecule has 3 aromatic carbocycles. The summed E-state index contributed by atoms with van der Waals surface area (Å²) in [5.74, 6) is 1.70. The standard InChI is InChI=1S/C21H15ClN2O2/c22-18-11-4-5-12-19(18)25-14-15-7-6-10-17(13-15)21-23-20(24-26-21)16-8-2-1-3-9-16/h1-13H,14H2. The maximum atomic E-state index is 6.12. The second-order valence-corrected chi connectivity index (χ2v) is 6.12. The van der Waals surface area contributed by atoms with Gasteiger partial charge in [0.1, 0.15) is 12.4 Å². The maximum Gasteiger partial charge on any atom is 0.258 e. The quantitative estimate of drug-likeness (QED) is 0.461. The van der Waals surface area contributed by atoms with Gasteiger partial charge in [-0.05, 0) is 29.8 Å². The van der Waals surface area contributed by atoms with Crippen LogP contribution in [-0.4, -0.2) is 10.1 Å². The maximum absolute atomic E-state index is 6.12. The van der Waals surface area contributed by atoms with Gasteiger partial charge in [0.25, 0.3) is 5.89 Å². The molecule has 1 aromatic heterocycles. The van der Waals surface area contributed by atoms with Gasteiger partial charge < -0.3 is 9.26 Å². The Morgan fingerprint density at radius 1 is 0.846 bits per heavy atom. The molecule has 0 atom stereocenters. The van der Waals surface area contributed by atoms with E-state index in [1.807, 2.05) is 72.8 Å². The molecule has 0 amide bonds. The summed E-state index contributed by atoms with van der Waals surface area (Å²) in [6, 6.07) is 25.0. The summed E-state index contributed by atoms with van der Waals surface area (Å²) in [5.41, 5.74) is 2.75. The van der Waals surface area contributed by atoms with Crippen LogP contribution in [0.3, 0.4) is 0 Å². The predicted octanol–water partition coefficient (Wildman–Crippen LogP) is 5.64. The van der Waals surface area contributed by atoms with Crippen molar-refractivity contribution in [1.82, 2.24) is 10.1 Å². The Bertz CT molecular complexity index is 1020. The molecule has 0 aliphatic rings. The summed E-state index contributed by atoms with van der Waals surface area (Å²) in [4.78, 5) is 4.48. The molecule has 0 bridgehead atoms. The van der Waals surface area contributed by atoms with Gasteiger partial charge in [-0.1, -0.05) is 71.4 Å². The molecule has 4 nitrogen and oxygen atoms in total. The number of nitrogens with zero attached hydrogens (tertiary/aromatic N) is 2. The van der Waals surface area contributed by atoms with Gasteiger partial charge in [0.2, 0.25) is 5.82 Å². The van der Waals surface area contributed by atoms with Crippen LogP contribution in [-0.2, 0) is 6.61 Å². The number of hydrogen-bond acceptors (Lipinski definition) is 4. The van der Waals surface area contributed by atoms with Crippen molar-refractivity contribution in [3.8, 4) is 28.6 Å². The zero-order valence-electron chi connectivity index (χ0n) is 13.8. The summed E-state index contributed by atoms with van der Waals surface area (Å²) in [7, 11) is 0. The van der Waals surface area contributed by atoms with E-state index >= 15 is 0 Å². The highest BCUT2D eigenvalue weighted by Gasteiger charge is 2.11. The highest BCUT2D eigenvalue weighted by atomic mass is 35.5. The van der Waals surface area contributed by atoms with E-state index in [2.05, 4.69) is 10.1 Å². The van der Waals surface area contributed by atoms with Gasteiger partial charge in [-0.15, -0.1) is 0 Å². The van der Waals surface area contributed by atoms with E-state index in [4.69, 9.17) is 20.9 Å². The van der Waals surface area contributed by atoms with E-state index in [0.29, 0.717) is 29.1 Å². The lowest BCUT2D eigenvalue weighted by molar-refractivity contribution is 0.306. The third kappa shape index (κ3) is 3.60. The topological polar surface area (TPSA) is 48.2 Å². The first kappa shape index (κ1) is 16.4. The second kappa shape index (κ2) is 7.42. The first-order valence-corrected chi connectivity index (χ1v) is 8.53. The minimum atomic E-state index is 0.400. The van der Waals surface area contributed by atoms with Crippen molar-refractivity contribution in [2.45, 2.75) is 6.61 Å². The summed E-state index contributed by atoms with van der Waals surface area (Å²) in [6.45, 7) is 0.400. The third-order valence-electron chi connectivity index (χ3n) is 3.86. The minimum Gasteiger partial charge on any atom is -0.487 e. The lowest BCUT2D eigenvalue weighted by Crippen LogP contribution is -1.96. The molecule has 0 fully saturated rings. The molecule has 0 saturated heterocycles. The zero-order chi connectivity index (χ0) is 17.8. The van der Waals surface area contributed by atoms with Crippen LogP contribution in [0.15, 0.2) is 83.4 Å². The van der Waals surface area contributed by atoms with Crippen molar-refractivity contribution in [2.75, 3.05) is 0 Å². The number of rotatable bonds is 5. The fourth-order valence-corrected chi connectivity index (χ4v) is 2.75. The van der Waals surface area contributed by atoms with Gasteiger partial charge in [0.05, 0.1) is 5.02 Å². The SMILES string of the molecule is Clc1ccccc1OCc1cccc(-c2nc(-c3ccccc3)no2)c1. The van der Waals surface area contributed by atoms with E-state index in [9.17, 15) is 0 Å². The molecular formula is C21H15ClN2O2. The monoisotopic (exact) mass is 362 g/mol. The van der Waals surface area contributed by atoms with Crippen LogP contribution in [0.25, 0.3) is 22.8 Å². The molecule has 1 heterocycles. The Labute approximate surface area is 156 Å². The molecule has 0 aliphatic heterocycles. The predicted molar refractivity (Wildman–Crippen MR) is 101 cm³/mol. The molecule has 0 N–H and O–H groups in total. The number of para-hydroxylation sites is 1. The van der Waals surface area contributed by atoms with Crippen molar-refractivity contribution in [3.05, 3.63) is 89.4 Å². The van der Waals surface area contributed by atoms with E-state index in [1.165, 1.54) is 0 Å². The largest absolute Gasteiger partial charge is 0.487 e. The molecule has 0 radical (unpaired) electrons. The minimum absolute atomic E-state index is 0.400. The van der Waals surface area contributed by atoms with E-state index < -0.39 is 0 Å². The van der Waals surface area contributed by atoms with Gasteiger partial charge in [-0.2, -0.15) is 4.98 Å². The summed E-state index contributed by atoms with van der Waals surface area (Å²) < 4.78 is 11.2. The lowest BCUT2D eigenvalue weighted by Gasteiger charge is -2.08. The fourth-order valence-electron chi connectivity index (χ4n) is 2.56. The Kier molecular flexibility index (Phi) is 4.67. The summed E-state index contributed by atoms with van der Waals surface area (Å²) in [6.07, 6.45) is 0. The van der Waals surface area contributed by atoms with Crippen molar-refractivity contribution in [1.29, 1.82) is 0 Å². The highest BCUT2D eigenvalue weighted by molar-refractivity contribution is 6.32. The van der Waals surface area contributed by atoms with Gasteiger partial charge in [-0.3, -0.25) is 0 Å². The number of benzene rings is 3. The van der Waals surface area contributed by atoms with Crippen LogP contribution < -0.4 is 4.74 Å². The van der Waals surface area contributed by atoms with E-state index in [1.54, 1.807) is 6.07 Å². The molecule has 0 spiro atoms. The summed E-state index contributed by atoms with van der Waals surface area (Å²) >= 11 is 6.12. The molecule has 128 valence electrons. The van der Waals surface area contributed by atoms with Crippen LogP contribution in [0.4, 0.5) is 0 Å². The second-order valence-electron chi connectivity index (χ2n) is 5.71. The number of aromatic nitrogens is 2. The average molecular weight is 363 g/mol. The molecule has 4 rings (SSSR count). The van der Waals surface area contributed by atoms with Gasteiger partial charge in [0, 0.05) is 11.1 Å². The highest BCUT2D eigenvalue weighted by Crippen LogP contribution is 2.26. The third-order valence-corrected chi connectivity index (χ3v) is 4.18. The van der Waals surface area contributed by atoms with Gasteiger partial charge >= 0.3 is 0 Å². The summed E-state index contributed by atoms with van der Waals surface area (Å²) in [5, 5.41) is 4.65. The van der Waals surface area contributed by atoms with E-state index in [-0.39, 0.29) is 0 Å². The molecule has 5 heteroatoms. The van der Waals surface area contributed by atoms with Crippen molar-refractivity contribution in [2.24, 2.45) is 0 Å². The molecular weight excluding hydrogens is 348 g/mol. The number of hydrogen-bond donors (Lipinski definition) is 0. The van der Waals surface area contributed by atoms with Crippen LogP contribution in [0.2, 0.25) is 5.02 Å². The van der Waals surface area contributed by atoms with Crippen LogP contribution >= 0.6 is 11.6 Å². The zero-order valence-corrected chi connectivity index (χ0v) is 14.6.